The van der Waals surface area contributed by atoms with Gasteiger partial charge in [-0.2, -0.15) is 0 Å². The fraction of sp³-hybridized carbons (Fsp3) is 0.286. The topological polar surface area (TPSA) is 81.7 Å². The third-order valence-electron chi connectivity index (χ3n) is 3.84. The summed E-state index contributed by atoms with van der Waals surface area (Å²) in [5.74, 6) is -0.489. The van der Waals surface area contributed by atoms with Gasteiger partial charge in [-0.1, -0.05) is 29.3 Å². The number of nitrogens with one attached hydrogen (secondary N) is 1. The average Bonchev–Trinajstić information content (AvgIpc) is 2.65. The number of thioether (sulfide) groups is 1. The maximum atomic E-state index is 12.3. The maximum absolute atomic E-state index is 12.3. The lowest BCUT2D eigenvalue weighted by Gasteiger charge is -2.10. The molecule has 0 unspecified atom stereocenters. The molecule has 2 aromatic carbocycles. The smallest absolute Gasteiger partial charge is 0.337 e. The lowest BCUT2D eigenvalue weighted by molar-refractivity contribution is -0.113. The van der Waals surface area contributed by atoms with Gasteiger partial charge < -0.3 is 14.8 Å². The van der Waals surface area contributed by atoms with Crippen LogP contribution in [0.4, 0.5) is 5.69 Å². The Morgan fingerprint density at radius 1 is 0.857 bits per heavy atom. The molecular formula is C21H23NO5S. The van der Waals surface area contributed by atoms with Gasteiger partial charge >= 0.3 is 11.9 Å². The minimum Gasteiger partial charge on any atom is -0.465 e. The van der Waals surface area contributed by atoms with E-state index in [1.165, 1.54) is 55.3 Å². The quantitative estimate of drug-likeness (QED) is 0.712. The van der Waals surface area contributed by atoms with Crippen LogP contribution in [0.15, 0.2) is 36.4 Å². The monoisotopic (exact) mass is 401 g/mol. The van der Waals surface area contributed by atoms with E-state index >= 15 is 0 Å². The van der Waals surface area contributed by atoms with Gasteiger partial charge in [0.1, 0.15) is 0 Å². The number of ether oxygens (including phenoxy) is 2. The lowest BCUT2D eigenvalue weighted by atomic mass is 10.1. The van der Waals surface area contributed by atoms with E-state index in [-0.39, 0.29) is 22.8 Å². The van der Waals surface area contributed by atoms with Crippen molar-refractivity contribution in [2.24, 2.45) is 0 Å². The normalized spacial score (nSPS) is 10.3. The first-order valence-corrected chi connectivity index (χ1v) is 9.74. The fourth-order valence-electron chi connectivity index (χ4n) is 2.78. The Morgan fingerprint density at radius 2 is 1.39 bits per heavy atom. The van der Waals surface area contributed by atoms with Gasteiger partial charge in [0.15, 0.2) is 0 Å². The molecule has 0 radical (unpaired) electrons. The van der Waals surface area contributed by atoms with Gasteiger partial charge in [-0.15, -0.1) is 11.8 Å². The lowest BCUT2D eigenvalue weighted by Crippen LogP contribution is -2.16. The van der Waals surface area contributed by atoms with Gasteiger partial charge in [0, 0.05) is 11.4 Å². The van der Waals surface area contributed by atoms with Crippen LogP contribution in [0.1, 0.15) is 37.4 Å². The summed E-state index contributed by atoms with van der Waals surface area (Å²) in [6.07, 6.45) is 0. The second-order valence-corrected chi connectivity index (χ2v) is 7.30. The molecule has 0 saturated carbocycles. The number of hydrogen-bond acceptors (Lipinski definition) is 6. The first kappa shape index (κ1) is 21.5. The molecule has 0 saturated heterocycles. The Balaban J connectivity index is 2.03. The number of esters is 2. The number of carbonyl (C=O) groups excluding carboxylic acids is 3. The summed E-state index contributed by atoms with van der Waals surface area (Å²) in [5.41, 5.74) is 4.19. The zero-order valence-electron chi connectivity index (χ0n) is 16.3. The highest BCUT2D eigenvalue weighted by molar-refractivity contribution is 7.99. The second-order valence-electron chi connectivity index (χ2n) is 6.32. The Kier molecular flexibility index (Phi) is 7.63. The van der Waals surface area contributed by atoms with E-state index in [0.717, 1.165) is 5.56 Å². The second kappa shape index (κ2) is 9.94. The summed E-state index contributed by atoms with van der Waals surface area (Å²) < 4.78 is 9.38. The predicted molar refractivity (Wildman–Crippen MR) is 110 cm³/mol. The number of aryl methyl sites for hydroxylation is 2. The molecule has 2 aromatic rings. The van der Waals surface area contributed by atoms with Crippen LogP contribution in [-0.4, -0.2) is 37.8 Å². The van der Waals surface area contributed by atoms with Crippen molar-refractivity contribution in [3.05, 3.63) is 64.2 Å². The highest BCUT2D eigenvalue weighted by Gasteiger charge is 2.15. The van der Waals surface area contributed by atoms with Crippen LogP contribution < -0.4 is 5.32 Å². The number of rotatable bonds is 7. The average molecular weight is 401 g/mol. The summed E-state index contributed by atoms with van der Waals surface area (Å²) in [4.78, 5) is 35.9. The van der Waals surface area contributed by atoms with Gasteiger partial charge in [0.05, 0.1) is 31.1 Å². The summed E-state index contributed by atoms with van der Waals surface area (Å²) in [7, 11) is 2.49. The fourth-order valence-corrected chi connectivity index (χ4v) is 3.54. The SMILES string of the molecule is COC(=O)c1cc(NC(=O)CSCc2cc(C)cc(C)c2)cc(C(=O)OC)c1. The van der Waals surface area contributed by atoms with Crippen molar-refractivity contribution in [1.29, 1.82) is 0 Å². The van der Waals surface area contributed by atoms with E-state index in [9.17, 15) is 14.4 Å². The number of carbonyl (C=O) groups is 3. The number of benzene rings is 2. The molecule has 6 nitrogen and oxygen atoms in total. The molecule has 7 heteroatoms. The molecule has 0 atom stereocenters. The Labute approximate surface area is 168 Å². The first-order valence-electron chi connectivity index (χ1n) is 8.59. The number of methoxy groups -OCH3 is 2. The van der Waals surface area contributed by atoms with Crippen LogP contribution in [0, 0.1) is 13.8 Å². The van der Waals surface area contributed by atoms with Gasteiger partial charge in [0.25, 0.3) is 0 Å². The predicted octanol–water partition coefficient (Wildman–Crippen LogP) is 3.75. The molecule has 0 aliphatic carbocycles. The Morgan fingerprint density at radius 3 is 1.89 bits per heavy atom. The van der Waals surface area contributed by atoms with E-state index in [4.69, 9.17) is 0 Å². The maximum Gasteiger partial charge on any atom is 0.337 e. The van der Waals surface area contributed by atoms with Gasteiger partial charge in [-0.3, -0.25) is 4.79 Å². The number of hydrogen-bond donors (Lipinski definition) is 1. The molecular weight excluding hydrogens is 378 g/mol. The molecule has 1 N–H and O–H groups in total. The number of anilines is 1. The van der Waals surface area contributed by atoms with Crippen molar-refractivity contribution < 1.29 is 23.9 Å². The third-order valence-corrected chi connectivity index (χ3v) is 4.85. The van der Waals surface area contributed by atoms with Crippen molar-refractivity contribution in [1.82, 2.24) is 0 Å². The van der Waals surface area contributed by atoms with Gasteiger partial charge in [-0.05, 0) is 37.6 Å². The Hall–Kier alpha value is -2.80. The van der Waals surface area contributed by atoms with E-state index < -0.39 is 11.9 Å². The van der Waals surface area contributed by atoms with Crippen LogP contribution in [0.3, 0.4) is 0 Å². The van der Waals surface area contributed by atoms with E-state index in [1.807, 2.05) is 13.8 Å². The zero-order valence-corrected chi connectivity index (χ0v) is 17.1. The molecule has 0 aromatic heterocycles. The first-order chi connectivity index (χ1) is 13.3. The van der Waals surface area contributed by atoms with Crippen molar-refractivity contribution in [2.75, 3.05) is 25.3 Å². The minimum absolute atomic E-state index is 0.156. The molecule has 0 spiro atoms. The summed E-state index contributed by atoms with van der Waals surface area (Å²) in [6.45, 7) is 4.09. The molecule has 148 valence electrons. The van der Waals surface area contributed by atoms with Crippen molar-refractivity contribution in [2.45, 2.75) is 19.6 Å². The van der Waals surface area contributed by atoms with Crippen LogP contribution in [0.2, 0.25) is 0 Å². The zero-order chi connectivity index (χ0) is 20.7. The van der Waals surface area contributed by atoms with Crippen LogP contribution in [0.5, 0.6) is 0 Å². The Bertz CT molecular complexity index is 840. The largest absolute Gasteiger partial charge is 0.465 e. The molecule has 2 rings (SSSR count). The molecule has 0 fully saturated rings. The van der Waals surface area contributed by atoms with Gasteiger partial charge in [0.2, 0.25) is 5.91 Å². The molecule has 0 bridgehead atoms. The standard InChI is InChI=1S/C21H23NO5S/c1-13-5-14(2)7-15(6-13)11-28-12-19(23)22-18-9-16(20(24)26-3)8-17(10-18)21(25)27-4/h5-10H,11-12H2,1-4H3,(H,22,23). The van der Waals surface area contributed by atoms with E-state index in [0.29, 0.717) is 11.4 Å². The van der Waals surface area contributed by atoms with Gasteiger partial charge in [-0.25, -0.2) is 9.59 Å². The highest BCUT2D eigenvalue weighted by Crippen LogP contribution is 2.19. The van der Waals surface area contributed by atoms with Crippen LogP contribution in [-0.2, 0) is 20.0 Å². The molecule has 1 amide bonds. The van der Waals surface area contributed by atoms with Crippen molar-refractivity contribution in [3.63, 3.8) is 0 Å². The van der Waals surface area contributed by atoms with Crippen LogP contribution in [0.25, 0.3) is 0 Å². The summed E-state index contributed by atoms with van der Waals surface area (Å²) >= 11 is 1.49. The highest BCUT2D eigenvalue weighted by atomic mass is 32.2. The third kappa shape index (κ3) is 6.13. The number of amides is 1. The van der Waals surface area contributed by atoms with E-state index in [1.54, 1.807) is 0 Å². The molecule has 0 heterocycles. The molecule has 28 heavy (non-hydrogen) atoms. The summed E-state index contributed by atoms with van der Waals surface area (Å²) in [6, 6.07) is 10.6. The molecule has 0 aliphatic heterocycles. The molecule has 0 aliphatic rings. The summed E-state index contributed by atoms with van der Waals surface area (Å²) in [5, 5.41) is 2.71. The van der Waals surface area contributed by atoms with Crippen molar-refractivity contribution >= 4 is 35.3 Å². The minimum atomic E-state index is -0.606. The van der Waals surface area contributed by atoms with Crippen LogP contribution >= 0.6 is 11.8 Å². The van der Waals surface area contributed by atoms with E-state index in [2.05, 4.69) is 33.0 Å². The van der Waals surface area contributed by atoms with Crippen molar-refractivity contribution in [3.8, 4) is 0 Å².